The fourth-order valence-electron chi connectivity index (χ4n) is 4.01. The van der Waals surface area contributed by atoms with Crippen LogP contribution in [-0.2, 0) is 13.1 Å². The number of nitro groups is 1. The van der Waals surface area contributed by atoms with E-state index in [1.165, 1.54) is 17.4 Å². The quantitative estimate of drug-likeness (QED) is 0.417. The van der Waals surface area contributed by atoms with E-state index >= 15 is 0 Å². The van der Waals surface area contributed by atoms with Gasteiger partial charge in [-0.05, 0) is 48.6 Å². The Morgan fingerprint density at radius 1 is 1.16 bits per heavy atom. The molecule has 2 aromatic heterocycles. The minimum atomic E-state index is -0.412. The van der Waals surface area contributed by atoms with Crippen molar-refractivity contribution in [2.24, 2.45) is 0 Å². The number of nitrogens with zero attached hydrogens (tertiary/aromatic N) is 5. The molecule has 168 valence electrons. The third-order valence-electron chi connectivity index (χ3n) is 5.68. The van der Waals surface area contributed by atoms with E-state index in [9.17, 15) is 19.3 Å². The molecule has 0 aliphatic carbocycles. The van der Waals surface area contributed by atoms with Crippen LogP contribution in [0.4, 0.5) is 10.1 Å². The maximum Gasteiger partial charge on any atom is 0.312 e. The Morgan fingerprint density at radius 2 is 1.91 bits per heavy atom. The third-order valence-corrected chi connectivity index (χ3v) is 6.64. The van der Waals surface area contributed by atoms with Gasteiger partial charge in [-0.1, -0.05) is 12.1 Å². The summed E-state index contributed by atoms with van der Waals surface area (Å²) < 4.78 is 15.0. The summed E-state index contributed by atoms with van der Waals surface area (Å²) in [4.78, 5) is 28.4. The summed E-state index contributed by atoms with van der Waals surface area (Å²) in [6, 6.07) is 8.44. The largest absolute Gasteiger partial charge is 0.335 e. The lowest BCUT2D eigenvalue weighted by Gasteiger charge is -2.34. The summed E-state index contributed by atoms with van der Waals surface area (Å²) in [7, 11) is 0. The molecule has 32 heavy (non-hydrogen) atoms. The van der Waals surface area contributed by atoms with Crippen LogP contribution in [-0.4, -0.2) is 56.6 Å². The van der Waals surface area contributed by atoms with Gasteiger partial charge in [0.15, 0.2) is 0 Å². The number of amides is 1. The molecule has 3 heterocycles. The molecule has 3 aromatic rings. The van der Waals surface area contributed by atoms with E-state index < -0.39 is 4.92 Å². The van der Waals surface area contributed by atoms with E-state index in [4.69, 9.17) is 0 Å². The lowest BCUT2D eigenvalue weighted by atomic mass is 10.2. The topological polar surface area (TPSA) is 84.5 Å². The van der Waals surface area contributed by atoms with Crippen LogP contribution in [0.2, 0.25) is 0 Å². The van der Waals surface area contributed by atoms with Gasteiger partial charge in [0.25, 0.3) is 5.91 Å². The number of halogens is 1. The minimum absolute atomic E-state index is 0.00833. The number of rotatable bonds is 6. The summed E-state index contributed by atoms with van der Waals surface area (Å²) in [6.07, 6.45) is 0. The molecule has 1 saturated heterocycles. The van der Waals surface area contributed by atoms with Crippen LogP contribution in [0.3, 0.4) is 0 Å². The second kappa shape index (κ2) is 9.17. The first-order chi connectivity index (χ1) is 15.3. The Balaban J connectivity index is 1.35. The van der Waals surface area contributed by atoms with Crippen LogP contribution in [0, 0.1) is 29.8 Å². The van der Waals surface area contributed by atoms with E-state index in [2.05, 4.69) is 10.00 Å². The highest BCUT2D eigenvalue weighted by molar-refractivity contribution is 7.12. The van der Waals surface area contributed by atoms with Crippen LogP contribution in [0.5, 0.6) is 0 Å². The Morgan fingerprint density at radius 3 is 2.56 bits per heavy atom. The van der Waals surface area contributed by atoms with Crippen molar-refractivity contribution in [3.63, 3.8) is 0 Å². The summed E-state index contributed by atoms with van der Waals surface area (Å²) in [6.45, 7) is 7.04. The van der Waals surface area contributed by atoms with Crippen molar-refractivity contribution in [2.75, 3.05) is 26.2 Å². The molecule has 0 radical (unpaired) electrons. The fourth-order valence-corrected chi connectivity index (χ4v) is 4.88. The lowest BCUT2D eigenvalue weighted by Crippen LogP contribution is -2.48. The van der Waals surface area contributed by atoms with Crippen molar-refractivity contribution in [1.82, 2.24) is 19.6 Å². The lowest BCUT2D eigenvalue weighted by molar-refractivity contribution is -0.386. The molecule has 0 unspecified atom stereocenters. The second-order valence-electron chi connectivity index (χ2n) is 7.95. The zero-order valence-corrected chi connectivity index (χ0v) is 18.8. The molecule has 0 N–H and O–H groups in total. The van der Waals surface area contributed by atoms with E-state index in [0.29, 0.717) is 42.4 Å². The number of aromatic nitrogens is 2. The molecule has 1 aliphatic heterocycles. The first-order valence-electron chi connectivity index (χ1n) is 10.3. The molecule has 10 heteroatoms. The summed E-state index contributed by atoms with van der Waals surface area (Å²) in [5, 5.41) is 17.4. The predicted molar refractivity (Wildman–Crippen MR) is 119 cm³/mol. The molecule has 8 nitrogen and oxygen atoms in total. The molecular formula is C22H24FN5O3S. The maximum atomic E-state index is 13.4. The van der Waals surface area contributed by atoms with Crippen LogP contribution >= 0.6 is 11.3 Å². The number of carbonyl (C=O) groups is 1. The van der Waals surface area contributed by atoms with E-state index in [-0.39, 0.29) is 17.4 Å². The van der Waals surface area contributed by atoms with Crippen molar-refractivity contribution >= 4 is 22.9 Å². The number of thiophene rings is 1. The highest BCUT2D eigenvalue weighted by Crippen LogP contribution is 2.24. The van der Waals surface area contributed by atoms with Crippen LogP contribution in [0.1, 0.15) is 32.2 Å². The highest BCUT2D eigenvalue weighted by Gasteiger charge is 2.25. The highest BCUT2D eigenvalue weighted by atomic mass is 32.1. The number of hydrogen-bond donors (Lipinski definition) is 0. The van der Waals surface area contributed by atoms with Crippen molar-refractivity contribution in [1.29, 1.82) is 0 Å². The molecule has 4 rings (SSSR count). The van der Waals surface area contributed by atoms with E-state index in [0.717, 1.165) is 24.2 Å². The van der Waals surface area contributed by atoms with Gasteiger partial charge in [-0.25, -0.2) is 4.39 Å². The van der Waals surface area contributed by atoms with Crippen molar-refractivity contribution in [3.05, 3.63) is 79.0 Å². The summed E-state index contributed by atoms with van der Waals surface area (Å²) in [5.41, 5.74) is 2.74. The van der Waals surface area contributed by atoms with Gasteiger partial charge < -0.3 is 4.90 Å². The number of hydrogen-bond acceptors (Lipinski definition) is 6. The minimum Gasteiger partial charge on any atom is -0.335 e. The van der Waals surface area contributed by atoms with Crippen molar-refractivity contribution in [3.8, 4) is 0 Å². The Labute approximate surface area is 189 Å². The molecule has 0 bridgehead atoms. The average molecular weight is 458 g/mol. The van der Waals surface area contributed by atoms with Gasteiger partial charge in [-0.15, -0.1) is 11.3 Å². The zero-order valence-electron chi connectivity index (χ0n) is 18.0. The average Bonchev–Trinajstić information content (AvgIpc) is 3.32. The molecule has 0 saturated carbocycles. The number of benzene rings is 1. The van der Waals surface area contributed by atoms with E-state index in [1.54, 1.807) is 30.7 Å². The summed E-state index contributed by atoms with van der Waals surface area (Å²) in [5.74, 6) is -0.245. The number of piperazine rings is 1. The Bertz CT molecular complexity index is 1150. The Hall–Kier alpha value is -3.11. The van der Waals surface area contributed by atoms with Gasteiger partial charge in [0.05, 0.1) is 16.3 Å². The molecule has 0 spiro atoms. The van der Waals surface area contributed by atoms with Gasteiger partial charge >= 0.3 is 5.69 Å². The predicted octanol–water partition coefficient (Wildman–Crippen LogP) is 3.62. The smallest absolute Gasteiger partial charge is 0.312 e. The third kappa shape index (κ3) is 4.71. The number of aryl methyl sites for hydroxylation is 1. The normalized spacial score (nSPS) is 14.7. The molecular weight excluding hydrogens is 433 g/mol. The van der Waals surface area contributed by atoms with Gasteiger partial charge in [-0.3, -0.25) is 24.5 Å². The standard InChI is InChI=1S/C22H24FN5O3S/c1-15-21(28(30)31)16(2)27(24-15)13-18-11-20(32-14-18)22(29)26-8-6-25(7-9-26)12-17-4-3-5-19(23)10-17/h3-5,10-11,14H,6-9,12-13H2,1-2H3. The molecule has 1 aromatic carbocycles. The second-order valence-corrected chi connectivity index (χ2v) is 8.86. The van der Waals surface area contributed by atoms with Gasteiger partial charge in [-0.2, -0.15) is 5.10 Å². The van der Waals surface area contributed by atoms with Crippen LogP contribution < -0.4 is 0 Å². The molecule has 0 atom stereocenters. The molecule has 1 amide bonds. The van der Waals surface area contributed by atoms with Gasteiger partial charge in [0.1, 0.15) is 17.2 Å². The van der Waals surface area contributed by atoms with E-state index in [1.807, 2.05) is 22.4 Å². The zero-order chi connectivity index (χ0) is 22.8. The van der Waals surface area contributed by atoms with Gasteiger partial charge in [0.2, 0.25) is 0 Å². The van der Waals surface area contributed by atoms with Crippen molar-refractivity contribution < 1.29 is 14.1 Å². The molecule has 1 fully saturated rings. The Kier molecular flexibility index (Phi) is 6.33. The van der Waals surface area contributed by atoms with Gasteiger partial charge in [0, 0.05) is 32.7 Å². The molecule has 1 aliphatic rings. The first kappa shape index (κ1) is 22.1. The summed E-state index contributed by atoms with van der Waals surface area (Å²) >= 11 is 1.38. The number of carbonyl (C=O) groups excluding carboxylic acids is 1. The van der Waals surface area contributed by atoms with Crippen molar-refractivity contribution in [2.45, 2.75) is 26.9 Å². The van der Waals surface area contributed by atoms with Crippen LogP contribution in [0.25, 0.3) is 0 Å². The fraction of sp³-hybridized carbons (Fsp3) is 0.364. The monoisotopic (exact) mass is 457 g/mol. The SMILES string of the molecule is Cc1nn(Cc2csc(C(=O)N3CCN(Cc4cccc(F)c4)CC3)c2)c(C)c1[N+](=O)[O-]. The maximum absolute atomic E-state index is 13.4. The van der Waals surface area contributed by atoms with Crippen LogP contribution in [0.15, 0.2) is 35.7 Å². The first-order valence-corrected chi connectivity index (χ1v) is 11.2.